The summed E-state index contributed by atoms with van der Waals surface area (Å²) in [7, 11) is -3.23. The summed E-state index contributed by atoms with van der Waals surface area (Å²) in [5, 5.41) is 8.79. The fourth-order valence-corrected chi connectivity index (χ4v) is 2.72. The van der Waals surface area contributed by atoms with Crippen LogP contribution < -0.4 is 0 Å². The van der Waals surface area contributed by atoms with Gasteiger partial charge in [0.2, 0.25) is 0 Å². The molecule has 0 spiro atoms. The largest absolute Gasteiger partial charge is 0.355 e. The molecule has 1 atom stereocenters. The Morgan fingerprint density at radius 3 is 2.62 bits per heavy atom. The van der Waals surface area contributed by atoms with E-state index in [9.17, 15) is 4.57 Å². The van der Waals surface area contributed by atoms with Crippen LogP contribution in [0.25, 0.3) is 0 Å². The molecule has 0 bridgehead atoms. The van der Waals surface area contributed by atoms with Crippen molar-refractivity contribution in [2.45, 2.75) is 0 Å². The zero-order chi connectivity index (χ0) is 10.2. The first-order valence-electron chi connectivity index (χ1n) is 3.26. The molecule has 13 heavy (non-hydrogen) atoms. The van der Waals surface area contributed by atoms with Crippen molar-refractivity contribution in [2.75, 3.05) is 17.5 Å². The van der Waals surface area contributed by atoms with Crippen LogP contribution >= 0.6 is 39.5 Å². The van der Waals surface area contributed by atoms with Crippen LogP contribution in [-0.2, 0) is 13.6 Å². The number of rotatable bonds is 6. The highest BCUT2D eigenvalue weighted by Crippen LogP contribution is 2.49. The van der Waals surface area contributed by atoms with Crippen LogP contribution in [0, 0.1) is 11.3 Å². The van der Waals surface area contributed by atoms with Gasteiger partial charge in [0.15, 0.2) is 0 Å². The van der Waals surface area contributed by atoms with E-state index in [1.807, 2.05) is 0 Å². The molecule has 0 heterocycles. The SMILES string of the molecule is N#CC=CP(=O)(OCBr)OCCBr. The summed E-state index contributed by atoms with van der Waals surface area (Å²) >= 11 is 6.08. The summed E-state index contributed by atoms with van der Waals surface area (Å²) in [6.45, 7) is 0.264. The summed E-state index contributed by atoms with van der Waals surface area (Å²) in [6, 6.07) is 1.72. The van der Waals surface area contributed by atoms with Crippen molar-refractivity contribution in [1.82, 2.24) is 0 Å². The summed E-state index contributed by atoms with van der Waals surface area (Å²) < 4.78 is 21.4. The molecule has 0 saturated heterocycles. The van der Waals surface area contributed by atoms with E-state index in [0.29, 0.717) is 5.33 Å². The van der Waals surface area contributed by atoms with Crippen molar-refractivity contribution < 1.29 is 13.6 Å². The first-order valence-corrected chi connectivity index (χ1v) is 7.12. The highest BCUT2D eigenvalue weighted by atomic mass is 79.9. The van der Waals surface area contributed by atoms with Crippen molar-refractivity contribution in [3.8, 4) is 6.07 Å². The molecule has 0 amide bonds. The van der Waals surface area contributed by atoms with Crippen molar-refractivity contribution in [3.05, 3.63) is 11.9 Å². The zero-order valence-electron chi connectivity index (χ0n) is 6.65. The average molecular weight is 333 g/mol. The number of hydrogen-bond donors (Lipinski definition) is 0. The maximum absolute atomic E-state index is 11.6. The van der Waals surface area contributed by atoms with Gasteiger partial charge in [0.1, 0.15) is 5.52 Å². The molecule has 0 saturated carbocycles. The van der Waals surface area contributed by atoms with Gasteiger partial charge in [-0.25, -0.2) is 0 Å². The second-order valence-corrected chi connectivity index (χ2v) is 4.89. The van der Waals surface area contributed by atoms with E-state index in [-0.39, 0.29) is 12.1 Å². The minimum Gasteiger partial charge on any atom is -0.305 e. The summed E-state index contributed by atoms with van der Waals surface area (Å²) in [5.74, 6) is 1.14. The molecule has 0 rings (SSSR count). The average Bonchev–Trinajstić information content (AvgIpc) is 2.12. The maximum atomic E-state index is 11.6. The minimum absolute atomic E-state index is 0.0995. The second kappa shape index (κ2) is 7.72. The van der Waals surface area contributed by atoms with E-state index in [1.54, 1.807) is 6.07 Å². The highest BCUT2D eigenvalue weighted by Gasteiger charge is 2.19. The van der Waals surface area contributed by atoms with E-state index >= 15 is 0 Å². The number of nitriles is 1. The van der Waals surface area contributed by atoms with Crippen LogP contribution in [0.2, 0.25) is 0 Å². The molecule has 1 unspecified atom stereocenters. The molecule has 4 nitrogen and oxygen atoms in total. The predicted molar refractivity (Wildman–Crippen MR) is 57.0 cm³/mol. The van der Waals surface area contributed by atoms with E-state index in [1.165, 1.54) is 0 Å². The molecule has 7 heteroatoms. The fraction of sp³-hybridized carbons (Fsp3) is 0.500. The number of nitrogens with zero attached hydrogens (tertiary/aromatic N) is 1. The molecule has 0 aromatic heterocycles. The highest BCUT2D eigenvalue weighted by molar-refractivity contribution is 9.09. The Labute approximate surface area is 93.7 Å². The molecular weight excluding hydrogens is 325 g/mol. The van der Waals surface area contributed by atoms with Crippen LogP contribution in [0.15, 0.2) is 11.9 Å². The van der Waals surface area contributed by atoms with Crippen molar-refractivity contribution in [1.29, 1.82) is 5.26 Å². The van der Waals surface area contributed by atoms with Gasteiger partial charge in [-0.1, -0.05) is 31.9 Å². The van der Waals surface area contributed by atoms with E-state index in [2.05, 4.69) is 31.9 Å². The van der Waals surface area contributed by atoms with Gasteiger partial charge in [0.05, 0.1) is 12.7 Å². The number of allylic oxidation sites excluding steroid dienone is 1. The van der Waals surface area contributed by atoms with Gasteiger partial charge in [-0.2, -0.15) is 5.26 Å². The van der Waals surface area contributed by atoms with Gasteiger partial charge in [-0.3, -0.25) is 9.09 Å². The predicted octanol–water partition coefficient (Wildman–Crippen LogP) is 3.00. The van der Waals surface area contributed by atoms with Gasteiger partial charge < -0.3 is 4.52 Å². The Morgan fingerprint density at radius 2 is 2.15 bits per heavy atom. The molecule has 0 aliphatic carbocycles. The van der Waals surface area contributed by atoms with Crippen LogP contribution in [0.1, 0.15) is 0 Å². The Hall–Kier alpha value is 0.340. The Kier molecular flexibility index (Phi) is 7.92. The smallest absolute Gasteiger partial charge is 0.305 e. The van der Waals surface area contributed by atoms with Gasteiger partial charge >= 0.3 is 7.60 Å². The number of alkyl halides is 2. The summed E-state index contributed by atoms with van der Waals surface area (Å²) in [5.41, 5.74) is 0.0995. The molecule has 0 fully saturated rings. The standard InChI is InChI=1S/C6H8Br2NO3P/c7-2-4-11-13(10,12-6-8)5-1-3-9/h1,5H,2,4,6H2. The lowest BCUT2D eigenvalue weighted by Gasteiger charge is -2.11. The summed E-state index contributed by atoms with van der Waals surface area (Å²) in [6.07, 6.45) is 1.08. The molecule has 0 N–H and O–H groups in total. The van der Waals surface area contributed by atoms with Crippen LogP contribution in [0.3, 0.4) is 0 Å². The van der Waals surface area contributed by atoms with Gasteiger partial charge in [-0.15, -0.1) is 0 Å². The molecule has 74 valence electrons. The van der Waals surface area contributed by atoms with Crippen LogP contribution in [0.5, 0.6) is 0 Å². The molecule has 0 aromatic rings. The minimum atomic E-state index is -3.23. The third-order valence-corrected chi connectivity index (χ3v) is 3.36. The van der Waals surface area contributed by atoms with E-state index in [4.69, 9.17) is 14.3 Å². The first-order chi connectivity index (χ1) is 6.18. The van der Waals surface area contributed by atoms with E-state index in [0.717, 1.165) is 11.9 Å². The lowest BCUT2D eigenvalue weighted by molar-refractivity contribution is 0.250. The number of halogens is 2. The maximum Gasteiger partial charge on any atom is 0.355 e. The second-order valence-electron chi connectivity index (χ2n) is 1.75. The molecular formula is C6H8Br2NO3P. The molecule has 0 aliphatic heterocycles. The van der Waals surface area contributed by atoms with Gasteiger partial charge in [0, 0.05) is 17.2 Å². The quantitative estimate of drug-likeness (QED) is 0.426. The van der Waals surface area contributed by atoms with Gasteiger partial charge in [-0.05, 0) is 0 Å². The molecule has 0 radical (unpaired) electrons. The number of hydrogen-bond acceptors (Lipinski definition) is 4. The summed E-state index contributed by atoms with van der Waals surface area (Å²) in [4.78, 5) is 0. The fourth-order valence-electron chi connectivity index (χ4n) is 0.478. The van der Waals surface area contributed by atoms with Crippen LogP contribution in [-0.4, -0.2) is 17.5 Å². The first kappa shape index (κ1) is 13.3. The van der Waals surface area contributed by atoms with E-state index < -0.39 is 7.60 Å². The van der Waals surface area contributed by atoms with Crippen molar-refractivity contribution >= 4 is 39.5 Å². The lowest BCUT2D eigenvalue weighted by atomic mass is 10.7. The van der Waals surface area contributed by atoms with Crippen molar-refractivity contribution in [3.63, 3.8) is 0 Å². The Bertz CT molecular complexity index is 251. The Morgan fingerprint density at radius 1 is 1.46 bits per heavy atom. The van der Waals surface area contributed by atoms with Gasteiger partial charge in [0.25, 0.3) is 0 Å². The lowest BCUT2D eigenvalue weighted by Crippen LogP contribution is -1.95. The molecule has 0 aromatic carbocycles. The monoisotopic (exact) mass is 331 g/mol. The Balaban J connectivity index is 4.27. The third kappa shape index (κ3) is 6.42. The van der Waals surface area contributed by atoms with Crippen molar-refractivity contribution in [2.24, 2.45) is 0 Å². The topological polar surface area (TPSA) is 59.3 Å². The zero-order valence-corrected chi connectivity index (χ0v) is 10.7. The molecule has 0 aliphatic rings. The normalized spacial score (nSPS) is 15.5. The third-order valence-electron chi connectivity index (χ3n) is 0.909. The van der Waals surface area contributed by atoms with Crippen LogP contribution in [0.4, 0.5) is 0 Å².